The summed E-state index contributed by atoms with van der Waals surface area (Å²) >= 11 is 0. The molecule has 3 nitrogen and oxygen atoms in total. The quantitative estimate of drug-likeness (QED) is 0.548. The van der Waals surface area contributed by atoms with E-state index in [1.54, 1.807) is 12.4 Å². The molecule has 4 rings (SSSR count). The second-order valence-electron chi connectivity index (χ2n) is 5.57. The van der Waals surface area contributed by atoms with Gasteiger partial charge in [-0.1, -0.05) is 25.1 Å². The molecule has 0 aliphatic heterocycles. The molecule has 3 heteroatoms. The molecular formula is C19H17N3. The van der Waals surface area contributed by atoms with Crippen LogP contribution in [0.15, 0.2) is 54.9 Å². The van der Waals surface area contributed by atoms with Crippen LogP contribution in [0.3, 0.4) is 0 Å². The third-order valence-electron chi connectivity index (χ3n) is 4.27. The number of fused-ring (bicyclic) bond motifs is 2. The van der Waals surface area contributed by atoms with Crippen LogP contribution in [-0.2, 0) is 13.5 Å². The summed E-state index contributed by atoms with van der Waals surface area (Å²) in [4.78, 5) is 9.06. The normalized spacial score (nSPS) is 11.4. The molecule has 0 unspecified atom stereocenters. The lowest BCUT2D eigenvalue weighted by molar-refractivity contribution is 0.978. The maximum absolute atomic E-state index is 4.57. The molecule has 22 heavy (non-hydrogen) atoms. The van der Waals surface area contributed by atoms with Crippen LogP contribution in [0.1, 0.15) is 12.5 Å². The number of rotatable bonds is 2. The second-order valence-corrected chi connectivity index (χ2v) is 5.57. The molecule has 0 radical (unpaired) electrons. The van der Waals surface area contributed by atoms with Gasteiger partial charge in [0.2, 0.25) is 0 Å². The minimum Gasteiger partial charge on any atom is -0.344 e. The Hall–Kier alpha value is -2.68. The number of aryl methyl sites for hydroxylation is 2. The van der Waals surface area contributed by atoms with Gasteiger partial charge in [0.25, 0.3) is 0 Å². The first-order valence-corrected chi connectivity index (χ1v) is 7.56. The number of hydrogen-bond acceptors (Lipinski definition) is 2. The average Bonchev–Trinajstić information content (AvgIpc) is 2.91. The Morgan fingerprint density at radius 1 is 1.00 bits per heavy atom. The highest BCUT2D eigenvalue weighted by Crippen LogP contribution is 2.32. The Balaban J connectivity index is 2.09. The van der Waals surface area contributed by atoms with Gasteiger partial charge in [0.05, 0.1) is 16.7 Å². The summed E-state index contributed by atoms with van der Waals surface area (Å²) in [5.41, 5.74) is 6.78. The number of hydrogen-bond donors (Lipinski definition) is 0. The maximum Gasteiger partial charge on any atom is 0.0980 e. The van der Waals surface area contributed by atoms with Gasteiger partial charge >= 0.3 is 0 Å². The van der Waals surface area contributed by atoms with E-state index >= 15 is 0 Å². The van der Waals surface area contributed by atoms with Crippen LogP contribution < -0.4 is 0 Å². The third kappa shape index (κ3) is 1.90. The van der Waals surface area contributed by atoms with E-state index in [2.05, 4.69) is 71.0 Å². The number of benzene rings is 2. The lowest BCUT2D eigenvalue weighted by Gasteiger charge is -2.09. The molecule has 0 aliphatic rings. The van der Waals surface area contributed by atoms with Crippen molar-refractivity contribution in [3.63, 3.8) is 0 Å². The van der Waals surface area contributed by atoms with Crippen molar-refractivity contribution in [3.05, 3.63) is 60.4 Å². The predicted octanol–water partition coefficient (Wildman–Crippen LogP) is 4.35. The zero-order valence-electron chi connectivity index (χ0n) is 12.7. The van der Waals surface area contributed by atoms with Crippen LogP contribution in [0.5, 0.6) is 0 Å². The maximum atomic E-state index is 4.57. The SMILES string of the molecule is CCc1cc(-c2cc3ccccc3n2C)c2nccnc2c1. The largest absolute Gasteiger partial charge is 0.344 e. The second kappa shape index (κ2) is 4.95. The van der Waals surface area contributed by atoms with Crippen LogP contribution in [0.4, 0.5) is 0 Å². The number of para-hydroxylation sites is 1. The molecule has 0 saturated heterocycles. The van der Waals surface area contributed by atoms with Crippen molar-refractivity contribution in [1.29, 1.82) is 0 Å². The minimum absolute atomic E-state index is 0.960. The van der Waals surface area contributed by atoms with Crippen LogP contribution >= 0.6 is 0 Å². The molecule has 2 heterocycles. The Labute approximate surface area is 129 Å². The lowest BCUT2D eigenvalue weighted by atomic mass is 10.0. The van der Waals surface area contributed by atoms with E-state index in [-0.39, 0.29) is 0 Å². The fourth-order valence-corrected chi connectivity index (χ4v) is 3.08. The van der Waals surface area contributed by atoms with E-state index < -0.39 is 0 Å². The molecule has 108 valence electrons. The minimum atomic E-state index is 0.960. The fraction of sp³-hybridized carbons (Fsp3) is 0.158. The molecule has 2 aromatic carbocycles. The summed E-state index contributed by atoms with van der Waals surface area (Å²) < 4.78 is 2.23. The van der Waals surface area contributed by atoms with Crippen LogP contribution in [0.2, 0.25) is 0 Å². The van der Waals surface area contributed by atoms with Crippen molar-refractivity contribution >= 4 is 21.9 Å². The number of nitrogens with zero attached hydrogens (tertiary/aromatic N) is 3. The Morgan fingerprint density at radius 2 is 1.82 bits per heavy atom. The summed E-state index contributed by atoms with van der Waals surface area (Å²) in [6.07, 6.45) is 4.51. The van der Waals surface area contributed by atoms with Crippen LogP contribution in [0, 0.1) is 0 Å². The summed E-state index contributed by atoms with van der Waals surface area (Å²) in [7, 11) is 2.11. The molecule has 0 aliphatic carbocycles. The molecule has 0 atom stereocenters. The Bertz CT molecular complexity index is 982. The van der Waals surface area contributed by atoms with Crippen molar-refractivity contribution in [2.75, 3.05) is 0 Å². The summed E-state index contributed by atoms with van der Waals surface area (Å²) in [6.45, 7) is 2.17. The van der Waals surface area contributed by atoms with Gasteiger partial charge in [0.1, 0.15) is 0 Å². The molecule has 0 spiro atoms. The highest BCUT2D eigenvalue weighted by Gasteiger charge is 2.13. The fourth-order valence-electron chi connectivity index (χ4n) is 3.08. The first-order valence-electron chi connectivity index (χ1n) is 7.56. The highest BCUT2D eigenvalue weighted by molar-refractivity contribution is 5.95. The summed E-state index contributed by atoms with van der Waals surface area (Å²) in [5, 5.41) is 1.25. The molecule has 0 bridgehead atoms. The molecule has 0 fully saturated rings. The van der Waals surface area contributed by atoms with Crippen molar-refractivity contribution in [2.24, 2.45) is 7.05 Å². The topological polar surface area (TPSA) is 30.7 Å². The molecule has 2 aromatic heterocycles. The highest BCUT2D eigenvalue weighted by atomic mass is 14.9. The van der Waals surface area contributed by atoms with Crippen molar-refractivity contribution < 1.29 is 0 Å². The van der Waals surface area contributed by atoms with Gasteiger partial charge in [-0.2, -0.15) is 0 Å². The first kappa shape index (κ1) is 13.0. The van der Waals surface area contributed by atoms with E-state index in [9.17, 15) is 0 Å². The summed E-state index contributed by atoms with van der Waals surface area (Å²) in [6, 6.07) is 15.1. The van der Waals surface area contributed by atoms with Gasteiger partial charge in [0.15, 0.2) is 0 Å². The monoisotopic (exact) mass is 287 g/mol. The van der Waals surface area contributed by atoms with Crippen LogP contribution in [-0.4, -0.2) is 14.5 Å². The van der Waals surface area contributed by atoms with E-state index in [0.29, 0.717) is 0 Å². The summed E-state index contributed by atoms with van der Waals surface area (Å²) in [5.74, 6) is 0. The van der Waals surface area contributed by atoms with Gasteiger partial charge in [-0.25, -0.2) is 0 Å². The smallest absolute Gasteiger partial charge is 0.0980 e. The lowest BCUT2D eigenvalue weighted by Crippen LogP contribution is -1.95. The molecule has 4 aromatic rings. The predicted molar refractivity (Wildman–Crippen MR) is 90.8 cm³/mol. The molecule has 0 saturated carbocycles. The van der Waals surface area contributed by atoms with E-state index in [4.69, 9.17) is 0 Å². The standard InChI is InChI=1S/C19H17N3/c1-3-13-10-15(19-16(11-13)20-8-9-21-19)18-12-14-6-4-5-7-17(14)22(18)2/h4-12H,3H2,1-2H3. The van der Waals surface area contributed by atoms with Gasteiger partial charge in [-0.15, -0.1) is 0 Å². The molecule has 0 amide bonds. The average molecular weight is 287 g/mol. The third-order valence-corrected chi connectivity index (χ3v) is 4.27. The van der Waals surface area contributed by atoms with E-state index in [0.717, 1.165) is 23.0 Å². The molecule has 0 N–H and O–H groups in total. The Kier molecular flexibility index (Phi) is 2.93. The van der Waals surface area contributed by atoms with Crippen molar-refractivity contribution in [3.8, 4) is 11.3 Å². The van der Waals surface area contributed by atoms with E-state index in [1.165, 1.54) is 22.2 Å². The zero-order chi connectivity index (χ0) is 15.1. The van der Waals surface area contributed by atoms with Crippen molar-refractivity contribution in [1.82, 2.24) is 14.5 Å². The van der Waals surface area contributed by atoms with Crippen molar-refractivity contribution in [2.45, 2.75) is 13.3 Å². The molecular weight excluding hydrogens is 270 g/mol. The van der Waals surface area contributed by atoms with Gasteiger partial charge in [0, 0.05) is 35.9 Å². The number of aromatic nitrogens is 3. The zero-order valence-corrected chi connectivity index (χ0v) is 12.7. The first-order chi connectivity index (χ1) is 10.8. The van der Waals surface area contributed by atoms with E-state index in [1.807, 2.05) is 0 Å². The van der Waals surface area contributed by atoms with Gasteiger partial charge < -0.3 is 4.57 Å². The van der Waals surface area contributed by atoms with Crippen LogP contribution in [0.25, 0.3) is 33.2 Å². The van der Waals surface area contributed by atoms with Gasteiger partial charge in [-0.05, 0) is 36.2 Å². The van der Waals surface area contributed by atoms with Gasteiger partial charge in [-0.3, -0.25) is 9.97 Å². The Morgan fingerprint density at radius 3 is 2.64 bits per heavy atom.